The molecular formula is C27H27N3O3. The zero-order valence-corrected chi connectivity index (χ0v) is 18.8. The number of aromatic nitrogens is 3. The molecule has 0 aliphatic heterocycles. The van der Waals surface area contributed by atoms with Crippen LogP contribution >= 0.6 is 0 Å². The molecule has 168 valence electrons. The highest BCUT2D eigenvalue weighted by atomic mass is 16.4. The van der Waals surface area contributed by atoms with Crippen molar-refractivity contribution in [2.45, 2.75) is 52.0 Å². The number of carboxylic acid groups (broad SMARTS) is 1. The van der Waals surface area contributed by atoms with Gasteiger partial charge in [0, 0.05) is 12.3 Å². The van der Waals surface area contributed by atoms with Crippen LogP contribution in [0.2, 0.25) is 0 Å². The molecule has 0 saturated heterocycles. The van der Waals surface area contributed by atoms with Crippen LogP contribution in [0.3, 0.4) is 0 Å². The lowest BCUT2D eigenvalue weighted by Gasteiger charge is -2.18. The van der Waals surface area contributed by atoms with E-state index in [0.717, 1.165) is 36.8 Å². The monoisotopic (exact) mass is 441 g/mol. The quantitative estimate of drug-likeness (QED) is 0.411. The largest absolute Gasteiger partial charge is 0.478 e. The molecule has 6 heteroatoms. The Balaban J connectivity index is 1.57. The minimum absolute atomic E-state index is 0.0216. The summed E-state index contributed by atoms with van der Waals surface area (Å²) in [4.78, 5) is 29.1. The molecule has 2 aromatic carbocycles. The van der Waals surface area contributed by atoms with Crippen LogP contribution in [0.4, 0.5) is 0 Å². The molecule has 0 radical (unpaired) electrons. The maximum Gasteiger partial charge on any atom is 0.336 e. The van der Waals surface area contributed by atoms with Crippen LogP contribution in [0.1, 0.15) is 71.4 Å². The van der Waals surface area contributed by atoms with Crippen molar-refractivity contribution in [1.29, 1.82) is 0 Å². The second-order valence-electron chi connectivity index (χ2n) is 8.36. The van der Waals surface area contributed by atoms with Gasteiger partial charge in [-0.1, -0.05) is 67.6 Å². The maximum atomic E-state index is 13.0. The van der Waals surface area contributed by atoms with E-state index in [4.69, 9.17) is 0 Å². The summed E-state index contributed by atoms with van der Waals surface area (Å²) in [5.74, 6) is 6.00. The van der Waals surface area contributed by atoms with E-state index < -0.39 is 5.97 Å². The number of rotatable bonds is 7. The fourth-order valence-corrected chi connectivity index (χ4v) is 4.34. The Hall–Kier alpha value is -3.72. The molecule has 1 saturated carbocycles. The smallest absolute Gasteiger partial charge is 0.336 e. The van der Waals surface area contributed by atoms with Crippen molar-refractivity contribution in [2.24, 2.45) is 5.92 Å². The number of carbonyl (C=O) groups is 2. The third-order valence-corrected chi connectivity index (χ3v) is 6.13. The van der Waals surface area contributed by atoms with Crippen molar-refractivity contribution in [3.05, 3.63) is 71.3 Å². The molecular weight excluding hydrogens is 414 g/mol. The summed E-state index contributed by atoms with van der Waals surface area (Å²) in [6.07, 6.45) is 5.70. The molecule has 6 nitrogen and oxygen atoms in total. The van der Waals surface area contributed by atoms with Gasteiger partial charge in [0.1, 0.15) is 12.4 Å². The molecule has 0 spiro atoms. The van der Waals surface area contributed by atoms with Crippen LogP contribution in [0.15, 0.2) is 48.5 Å². The van der Waals surface area contributed by atoms with Crippen LogP contribution in [-0.2, 0) is 13.0 Å². The first-order valence-corrected chi connectivity index (χ1v) is 11.4. The van der Waals surface area contributed by atoms with Gasteiger partial charge in [0.05, 0.1) is 5.56 Å². The summed E-state index contributed by atoms with van der Waals surface area (Å²) in [5.41, 5.74) is 2.79. The second-order valence-corrected chi connectivity index (χ2v) is 8.36. The van der Waals surface area contributed by atoms with Crippen molar-refractivity contribution in [3.8, 4) is 23.0 Å². The van der Waals surface area contributed by atoms with Gasteiger partial charge in [-0.05, 0) is 42.5 Å². The Morgan fingerprint density at radius 1 is 1.06 bits per heavy atom. The Kier molecular flexibility index (Phi) is 6.99. The molecule has 0 unspecified atom stereocenters. The van der Waals surface area contributed by atoms with Gasteiger partial charge in [-0.2, -0.15) is 0 Å². The number of carbonyl (C=O) groups excluding carboxylic acids is 1. The summed E-state index contributed by atoms with van der Waals surface area (Å²) in [7, 11) is 0. The van der Waals surface area contributed by atoms with Gasteiger partial charge in [-0.15, -0.1) is 11.0 Å². The van der Waals surface area contributed by atoms with E-state index in [-0.39, 0.29) is 17.3 Å². The Morgan fingerprint density at radius 3 is 2.48 bits per heavy atom. The van der Waals surface area contributed by atoms with E-state index in [9.17, 15) is 14.7 Å². The molecule has 1 heterocycles. The van der Waals surface area contributed by atoms with Crippen molar-refractivity contribution in [2.75, 3.05) is 0 Å². The highest BCUT2D eigenvalue weighted by molar-refractivity contribution is 5.96. The molecule has 0 atom stereocenters. The SMILES string of the molecule is CC#CCn1nc(C(=O)C2CCCCC2)nc1Cc1ccc(-c2ccccc2C(=O)O)cc1. The summed E-state index contributed by atoms with van der Waals surface area (Å²) < 4.78 is 1.72. The van der Waals surface area contributed by atoms with E-state index in [1.54, 1.807) is 23.7 Å². The molecule has 4 rings (SSSR count). The lowest BCUT2D eigenvalue weighted by Crippen LogP contribution is -2.19. The van der Waals surface area contributed by atoms with E-state index in [1.165, 1.54) is 6.42 Å². The second kappa shape index (κ2) is 10.3. The summed E-state index contributed by atoms with van der Waals surface area (Å²) in [6, 6.07) is 14.7. The van der Waals surface area contributed by atoms with Crippen LogP contribution in [0, 0.1) is 17.8 Å². The van der Waals surface area contributed by atoms with Crippen LogP contribution in [0.25, 0.3) is 11.1 Å². The van der Waals surface area contributed by atoms with Crippen molar-refractivity contribution in [3.63, 3.8) is 0 Å². The number of aromatic carboxylic acids is 1. The normalized spacial score (nSPS) is 13.8. The van der Waals surface area contributed by atoms with Crippen LogP contribution in [0.5, 0.6) is 0 Å². The number of hydrogen-bond acceptors (Lipinski definition) is 4. The number of benzene rings is 2. The fraction of sp³-hybridized carbons (Fsp3) is 0.333. The number of hydrogen-bond donors (Lipinski definition) is 1. The predicted octanol–water partition coefficient (Wildman–Crippen LogP) is 5.02. The number of ketones is 1. The Bertz CT molecular complexity index is 1210. The van der Waals surface area contributed by atoms with Gasteiger partial charge < -0.3 is 5.11 Å². The summed E-state index contributed by atoms with van der Waals surface area (Å²) in [5, 5.41) is 14.0. The molecule has 1 aliphatic carbocycles. The molecule has 33 heavy (non-hydrogen) atoms. The number of nitrogens with zero attached hydrogens (tertiary/aromatic N) is 3. The number of carboxylic acids is 1. The third kappa shape index (κ3) is 5.20. The molecule has 0 amide bonds. The average molecular weight is 442 g/mol. The molecule has 0 bridgehead atoms. The standard InChI is InChI=1S/C27H27N3O3/c1-2-3-17-30-24(28-26(29-30)25(31)21-9-5-4-6-10-21)18-19-13-15-20(16-14-19)22-11-7-8-12-23(22)27(32)33/h7-8,11-16,21H,4-6,9-10,17-18H2,1H3,(H,32,33). The summed E-state index contributed by atoms with van der Waals surface area (Å²) in [6.45, 7) is 2.17. The highest BCUT2D eigenvalue weighted by Crippen LogP contribution is 2.27. The third-order valence-electron chi connectivity index (χ3n) is 6.13. The molecule has 1 N–H and O–H groups in total. The minimum Gasteiger partial charge on any atom is -0.478 e. The lowest BCUT2D eigenvalue weighted by atomic mass is 9.86. The van der Waals surface area contributed by atoms with Gasteiger partial charge in [0.25, 0.3) is 0 Å². The first kappa shape index (κ1) is 22.5. The lowest BCUT2D eigenvalue weighted by molar-refractivity contribution is 0.0697. The topological polar surface area (TPSA) is 85.1 Å². The van der Waals surface area contributed by atoms with E-state index in [1.807, 2.05) is 36.4 Å². The minimum atomic E-state index is -0.949. The number of Topliss-reactive ketones (excluding diaryl/α,β-unsaturated/α-hetero) is 1. The Morgan fingerprint density at radius 2 is 1.79 bits per heavy atom. The molecule has 1 fully saturated rings. The molecule has 1 aliphatic rings. The molecule has 1 aromatic heterocycles. The van der Waals surface area contributed by atoms with Gasteiger partial charge in [0.15, 0.2) is 0 Å². The first-order valence-electron chi connectivity index (χ1n) is 11.4. The maximum absolute atomic E-state index is 13.0. The fourth-order valence-electron chi connectivity index (χ4n) is 4.34. The zero-order chi connectivity index (χ0) is 23.2. The Labute approximate surface area is 193 Å². The van der Waals surface area contributed by atoms with Gasteiger partial charge in [0.2, 0.25) is 11.6 Å². The first-order chi connectivity index (χ1) is 16.1. The van der Waals surface area contributed by atoms with E-state index in [2.05, 4.69) is 21.9 Å². The average Bonchev–Trinajstić information content (AvgIpc) is 3.25. The highest BCUT2D eigenvalue weighted by Gasteiger charge is 2.26. The van der Waals surface area contributed by atoms with Crippen molar-refractivity contribution >= 4 is 11.8 Å². The molecule has 3 aromatic rings. The van der Waals surface area contributed by atoms with Crippen molar-refractivity contribution < 1.29 is 14.7 Å². The summed E-state index contributed by atoms with van der Waals surface area (Å²) >= 11 is 0. The van der Waals surface area contributed by atoms with Crippen LogP contribution < -0.4 is 0 Å². The van der Waals surface area contributed by atoms with Gasteiger partial charge in [-0.3, -0.25) is 4.79 Å². The zero-order valence-electron chi connectivity index (χ0n) is 18.8. The predicted molar refractivity (Wildman–Crippen MR) is 126 cm³/mol. The van der Waals surface area contributed by atoms with E-state index >= 15 is 0 Å². The van der Waals surface area contributed by atoms with Crippen molar-refractivity contribution in [1.82, 2.24) is 14.8 Å². The van der Waals surface area contributed by atoms with Gasteiger partial charge in [-0.25, -0.2) is 14.5 Å². The van der Waals surface area contributed by atoms with E-state index in [0.29, 0.717) is 30.2 Å². The van der Waals surface area contributed by atoms with Gasteiger partial charge >= 0.3 is 5.97 Å². The van der Waals surface area contributed by atoms with Crippen LogP contribution in [-0.4, -0.2) is 31.6 Å².